The Morgan fingerprint density at radius 2 is 1.93 bits per heavy atom. The van der Waals surface area contributed by atoms with E-state index in [-0.39, 0.29) is 29.4 Å². The summed E-state index contributed by atoms with van der Waals surface area (Å²) < 4.78 is 48.7. The van der Waals surface area contributed by atoms with Crippen LogP contribution in [0.3, 0.4) is 0 Å². The first-order valence-corrected chi connectivity index (χ1v) is 9.24. The molecule has 0 amide bonds. The molecule has 2 heterocycles. The summed E-state index contributed by atoms with van der Waals surface area (Å²) in [5, 5.41) is 25.6. The van der Waals surface area contributed by atoms with E-state index in [1.807, 2.05) is 0 Å². The molecule has 0 saturated heterocycles. The number of halogens is 3. The lowest BCUT2D eigenvalue weighted by Gasteiger charge is -2.24. The van der Waals surface area contributed by atoms with Gasteiger partial charge in [0, 0.05) is 5.56 Å². The molecular formula is C19H23F3N4O4. The maximum atomic E-state index is 14.0. The molecule has 3 N–H and O–H groups in total. The van der Waals surface area contributed by atoms with E-state index >= 15 is 0 Å². The fourth-order valence-electron chi connectivity index (χ4n) is 3.03. The Morgan fingerprint density at radius 3 is 2.40 bits per heavy atom. The maximum absolute atomic E-state index is 14.0. The summed E-state index contributed by atoms with van der Waals surface area (Å²) >= 11 is 0. The first-order chi connectivity index (χ1) is 13.8. The summed E-state index contributed by atoms with van der Waals surface area (Å²) in [4.78, 5) is 15.3. The molecule has 30 heavy (non-hydrogen) atoms. The number of hydrogen-bond acceptors (Lipinski definition) is 6. The number of hydrogen-bond donors (Lipinski definition) is 3. The Kier molecular flexibility index (Phi) is 5.21. The van der Waals surface area contributed by atoms with E-state index in [2.05, 4.69) is 15.4 Å². The summed E-state index contributed by atoms with van der Waals surface area (Å²) in [6.45, 7) is 6.26. The molecule has 2 aromatic rings. The molecule has 0 radical (unpaired) electrons. The molecule has 8 nitrogen and oxygen atoms in total. The van der Waals surface area contributed by atoms with Crippen LogP contribution in [0.4, 0.5) is 18.9 Å². The van der Waals surface area contributed by atoms with Crippen molar-refractivity contribution in [2.45, 2.75) is 57.8 Å². The van der Waals surface area contributed by atoms with Crippen LogP contribution in [-0.4, -0.2) is 43.1 Å². The number of ether oxygens (including phenoxy) is 1. The van der Waals surface area contributed by atoms with Crippen molar-refractivity contribution in [2.75, 3.05) is 11.9 Å². The van der Waals surface area contributed by atoms with Crippen molar-refractivity contribution in [3.05, 3.63) is 29.2 Å². The number of aromatic carboxylic acids is 1. The van der Waals surface area contributed by atoms with Crippen molar-refractivity contribution < 1.29 is 32.9 Å². The Balaban J connectivity index is 2.13. The topological polar surface area (TPSA) is 110 Å². The molecule has 0 spiro atoms. The van der Waals surface area contributed by atoms with Crippen LogP contribution < -0.4 is 10.1 Å². The van der Waals surface area contributed by atoms with E-state index in [4.69, 9.17) is 4.74 Å². The number of carboxylic acids is 1. The summed E-state index contributed by atoms with van der Waals surface area (Å²) in [6, 6.07) is 0. The zero-order valence-electron chi connectivity index (χ0n) is 17.0. The van der Waals surface area contributed by atoms with Gasteiger partial charge in [0.15, 0.2) is 11.4 Å². The summed E-state index contributed by atoms with van der Waals surface area (Å²) in [5.74, 6) is -2.03. The second kappa shape index (κ2) is 7.15. The molecule has 0 unspecified atom stereocenters. The SMILES string of the molecule is Cc1c(C(=O)O)nn(C(C)(C)C)c1Oc1cncc(NC2(CO)CC2)c1C(F)(F)F. The third-order valence-electron chi connectivity index (χ3n) is 4.86. The van der Waals surface area contributed by atoms with Crippen LogP contribution in [0, 0.1) is 6.92 Å². The highest BCUT2D eigenvalue weighted by atomic mass is 19.4. The lowest BCUT2D eigenvalue weighted by Crippen LogP contribution is -2.27. The number of alkyl halides is 3. The molecule has 1 aliphatic rings. The zero-order valence-corrected chi connectivity index (χ0v) is 17.0. The number of aromatic nitrogens is 3. The highest BCUT2D eigenvalue weighted by molar-refractivity contribution is 5.87. The molecule has 1 fully saturated rings. The molecule has 0 aliphatic heterocycles. The van der Waals surface area contributed by atoms with Gasteiger partial charge >= 0.3 is 12.1 Å². The van der Waals surface area contributed by atoms with Crippen molar-refractivity contribution >= 4 is 11.7 Å². The first kappa shape index (κ1) is 21.9. The quantitative estimate of drug-likeness (QED) is 0.642. The number of pyridine rings is 1. The highest BCUT2D eigenvalue weighted by Gasteiger charge is 2.46. The monoisotopic (exact) mass is 428 g/mol. The Morgan fingerprint density at radius 1 is 1.30 bits per heavy atom. The Bertz CT molecular complexity index is 975. The standard InChI is InChI=1S/C19H23F3N4O4/c1-10-14(16(28)29)25-26(17(2,3)4)15(10)30-12-8-23-7-11(13(12)19(20,21)22)24-18(9-27)5-6-18/h7-8,24,27H,5-6,9H2,1-4H3,(H,28,29). The van der Waals surface area contributed by atoms with E-state index in [0.717, 1.165) is 12.4 Å². The Labute approximate surface area is 170 Å². The van der Waals surface area contributed by atoms with E-state index in [1.165, 1.54) is 11.6 Å². The molecule has 164 valence electrons. The minimum Gasteiger partial charge on any atom is -0.476 e. The van der Waals surface area contributed by atoms with E-state index in [1.54, 1.807) is 20.8 Å². The second-order valence-corrected chi connectivity index (χ2v) is 8.39. The normalized spacial score (nSPS) is 15.7. The van der Waals surface area contributed by atoms with Crippen LogP contribution in [0.25, 0.3) is 0 Å². The van der Waals surface area contributed by atoms with Gasteiger partial charge in [-0.3, -0.25) is 4.98 Å². The van der Waals surface area contributed by atoms with Crippen LogP contribution in [-0.2, 0) is 11.7 Å². The number of nitrogens with one attached hydrogen (secondary N) is 1. The van der Waals surface area contributed by atoms with E-state index in [0.29, 0.717) is 12.8 Å². The van der Waals surface area contributed by atoms with Crippen molar-refractivity contribution in [3.8, 4) is 11.6 Å². The van der Waals surface area contributed by atoms with Gasteiger partial charge in [0.05, 0.1) is 35.8 Å². The number of aliphatic hydroxyl groups is 1. The summed E-state index contributed by atoms with van der Waals surface area (Å²) in [5.41, 5.74) is -3.19. The summed E-state index contributed by atoms with van der Waals surface area (Å²) in [7, 11) is 0. The maximum Gasteiger partial charge on any atom is 0.422 e. The lowest BCUT2D eigenvalue weighted by molar-refractivity contribution is -0.138. The molecule has 3 rings (SSSR count). The van der Waals surface area contributed by atoms with Crippen LogP contribution in [0.2, 0.25) is 0 Å². The van der Waals surface area contributed by atoms with Gasteiger partial charge in [0.1, 0.15) is 5.56 Å². The van der Waals surface area contributed by atoms with Crippen LogP contribution in [0.15, 0.2) is 12.4 Å². The van der Waals surface area contributed by atoms with Gasteiger partial charge < -0.3 is 20.3 Å². The summed E-state index contributed by atoms with van der Waals surface area (Å²) in [6.07, 6.45) is -1.77. The minimum absolute atomic E-state index is 0.0953. The molecule has 2 aromatic heterocycles. The smallest absolute Gasteiger partial charge is 0.422 e. The average Bonchev–Trinajstić information content (AvgIpc) is 3.30. The average molecular weight is 428 g/mol. The number of rotatable bonds is 6. The molecule has 11 heteroatoms. The van der Waals surface area contributed by atoms with Gasteiger partial charge in [-0.1, -0.05) is 0 Å². The van der Waals surface area contributed by atoms with Crippen LogP contribution >= 0.6 is 0 Å². The van der Waals surface area contributed by atoms with E-state index in [9.17, 15) is 28.2 Å². The third-order valence-corrected chi connectivity index (χ3v) is 4.86. The number of nitrogens with zero attached hydrogens (tertiary/aromatic N) is 3. The number of carbonyl (C=O) groups is 1. The molecule has 1 saturated carbocycles. The van der Waals surface area contributed by atoms with Crippen molar-refractivity contribution in [2.24, 2.45) is 0 Å². The third kappa shape index (κ3) is 4.07. The fraction of sp³-hybridized carbons (Fsp3) is 0.526. The number of anilines is 1. The lowest BCUT2D eigenvalue weighted by atomic mass is 10.1. The number of aliphatic hydroxyl groups excluding tert-OH is 1. The number of carboxylic acid groups (broad SMARTS) is 1. The highest BCUT2D eigenvalue weighted by Crippen LogP contribution is 2.46. The predicted molar refractivity (Wildman–Crippen MR) is 101 cm³/mol. The minimum atomic E-state index is -4.79. The van der Waals surface area contributed by atoms with Gasteiger partial charge in [0.25, 0.3) is 0 Å². The van der Waals surface area contributed by atoms with Crippen LogP contribution in [0.1, 0.15) is 55.2 Å². The van der Waals surface area contributed by atoms with Gasteiger partial charge in [0.2, 0.25) is 5.88 Å². The molecule has 1 aliphatic carbocycles. The fourth-order valence-corrected chi connectivity index (χ4v) is 3.03. The molecule has 0 atom stereocenters. The van der Waals surface area contributed by atoms with Gasteiger partial charge in [-0.2, -0.15) is 18.3 Å². The first-order valence-electron chi connectivity index (χ1n) is 9.24. The van der Waals surface area contributed by atoms with Gasteiger partial charge in [-0.15, -0.1) is 0 Å². The van der Waals surface area contributed by atoms with Crippen molar-refractivity contribution in [1.29, 1.82) is 0 Å². The van der Waals surface area contributed by atoms with Gasteiger partial charge in [-0.05, 0) is 40.5 Å². The molecule has 0 aromatic carbocycles. The van der Waals surface area contributed by atoms with E-state index < -0.39 is 34.5 Å². The van der Waals surface area contributed by atoms with Crippen LogP contribution in [0.5, 0.6) is 11.6 Å². The zero-order chi connectivity index (χ0) is 22.5. The second-order valence-electron chi connectivity index (χ2n) is 8.39. The largest absolute Gasteiger partial charge is 0.476 e. The molecular weight excluding hydrogens is 405 g/mol. The predicted octanol–water partition coefficient (Wildman–Crippen LogP) is 3.79. The molecule has 0 bridgehead atoms. The van der Waals surface area contributed by atoms with Crippen molar-refractivity contribution in [1.82, 2.24) is 14.8 Å². The Hall–Kier alpha value is -2.82. The van der Waals surface area contributed by atoms with Gasteiger partial charge in [-0.25, -0.2) is 9.48 Å². The van der Waals surface area contributed by atoms with Crippen molar-refractivity contribution in [3.63, 3.8) is 0 Å².